The third kappa shape index (κ3) is 5.01. The second kappa shape index (κ2) is 7.33. The Bertz CT molecular complexity index is 380. The number of aromatic nitrogens is 1. The molecule has 0 unspecified atom stereocenters. The van der Waals surface area contributed by atoms with Crippen molar-refractivity contribution in [3.8, 4) is 0 Å². The lowest BCUT2D eigenvalue weighted by atomic mass is 10.3. The van der Waals surface area contributed by atoms with Gasteiger partial charge in [0.15, 0.2) is 0 Å². The molecule has 6 heteroatoms. The van der Waals surface area contributed by atoms with Crippen molar-refractivity contribution >= 4 is 17.4 Å². The van der Waals surface area contributed by atoms with Crippen molar-refractivity contribution in [2.45, 2.75) is 26.8 Å². The molecule has 0 saturated heterocycles. The summed E-state index contributed by atoms with van der Waals surface area (Å²) in [5, 5.41) is 8.71. The number of nitrogens with zero attached hydrogens (tertiary/aromatic N) is 2. The summed E-state index contributed by atoms with van der Waals surface area (Å²) in [5.41, 5.74) is 0.915. The van der Waals surface area contributed by atoms with Gasteiger partial charge in [0.1, 0.15) is 0 Å². The summed E-state index contributed by atoms with van der Waals surface area (Å²) >= 11 is 1.60. The van der Waals surface area contributed by atoms with Gasteiger partial charge in [0.2, 0.25) is 0 Å². The van der Waals surface area contributed by atoms with Crippen LogP contribution < -0.4 is 10.6 Å². The van der Waals surface area contributed by atoms with E-state index in [-0.39, 0.29) is 12.1 Å². The first kappa shape index (κ1) is 14.9. The fourth-order valence-electron chi connectivity index (χ4n) is 1.42. The highest BCUT2D eigenvalue weighted by molar-refractivity contribution is 7.09. The molecule has 0 spiro atoms. The molecule has 1 aromatic heterocycles. The van der Waals surface area contributed by atoms with E-state index in [0.717, 1.165) is 23.8 Å². The Kier molecular flexibility index (Phi) is 6.07. The van der Waals surface area contributed by atoms with E-state index >= 15 is 0 Å². The lowest BCUT2D eigenvalue weighted by molar-refractivity contribution is 0.235. The molecule has 1 heterocycles. The van der Waals surface area contributed by atoms with E-state index in [1.54, 1.807) is 11.3 Å². The van der Waals surface area contributed by atoms with Crippen molar-refractivity contribution in [3.63, 3.8) is 0 Å². The summed E-state index contributed by atoms with van der Waals surface area (Å²) in [6.45, 7) is 8.48. The van der Waals surface area contributed by atoms with Gasteiger partial charge < -0.3 is 15.5 Å². The number of urea groups is 1. The van der Waals surface area contributed by atoms with Crippen LogP contribution in [0.25, 0.3) is 0 Å². The van der Waals surface area contributed by atoms with Gasteiger partial charge in [-0.3, -0.25) is 0 Å². The van der Waals surface area contributed by atoms with Gasteiger partial charge in [-0.1, -0.05) is 6.92 Å². The highest BCUT2D eigenvalue weighted by Gasteiger charge is 2.11. The Balaban J connectivity index is 2.27. The molecule has 0 aliphatic heterocycles. The van der Waals surface area contributed by atoms with E-state index in [4.69, 9.17) is 0 Å². The van der Waals surface area contributed by atoms with E-state index in [1.165, 1.54) is 0 Å². The summed E-state index contributed by atoms with van der Waals surface area (Å²) in [6.07, 6.45) is 0. The minimum Gasteiger partial charge on any atom is -0.337 e. The first-order chi connectivity index (χ1) is 8.52. The van der Waals surface area contributed by atoms with E-state index in [1.807, 2.05) is 26.3 Å². The monoisotopic (exact) mass is 270 g/mol. The highest BCUT2D eigenvalue weighted by atomic mass is 32.1. The maximum atomic E-state index is 11.6. The van der Waals surface area contributed by atoms with Crippen LogP contribution in [0, 0.1) is 6.92 Å². The second-order valence-electron chi connectivity index (χ2n) is 4.31. The number of aryl methyl sites for hydroxylation is 1. The number of rotatable bonds is 6. The number of amides is 2. The van der Waals surface area contributed by atoms with Crippen molar-refractivity contribution in [2.24, 2.45) is 0 Å². The van der Waals surface area contributed by atoms with Crippen LogP contribution in [0.4, 0.5) is 4.79 Å². The van der Waals surface area contributed by atoms with Crippen molar-refractivity contribution in [3.05, 3.63) is 16.1 Å². The normalized spacial score (nSPS) is 12.5. The Morgan fingerprint density at radius 1 is 1.61 bits per heavy atom. The molecule has 0 saturated carbocycles. The number of nitrogens with one attached hydrogen (secondary N) is 2. The van der Waals surface area contributed by atoms with E-state index in [0.29, 0.717) is 6.54 Å². The minimum atomic E-state index is -0.141. The standard InChI is InChI=1S/C12H22N4OS/c1-5-16(4)7-6-13-12(17)14-9(2)11-8-18-10(3)15-11/h8-9H,5-7H2,1-4H3,(H2,13,14,17)/t9-/m0/s1. The number of hydrogen-bond donors (Lipinski definition) is 2. The summed E-state index contributed by atoms with van der Waals surface area (Å²) in [5.74, 6) is 0. The summed E-state index contributed by atoms with van der Waals surface area (Å²) in [7, 11) is 2.03. The third-order valence-electron chi connectivity index (χ3n) is 2.75. The molecule has 5 nitrogen and oxygen atoms in total. The number of likely N-dealkylation sites (N-methyl/N-ethyl adjacent to an activating group) is 1. The molecule has 18 heavy (non-hydrogen) atoms. The number of carbonyl (C=O) groups excluding carboxylic acids is 1. The molecule has 0 aromatic carbocycles. The number of carbonyl (C=O) groups is 1. The Morgan fingerprint density at radius 3 is 2.89 bits per heavy atom. The fourth-order valence-corrected chi connectivity index (χ4v) is 2.13. The molecule has 2 N–H and O–H groups in total. The SMILES string of the molecule is CCN(C)CCNC(=O)N[C@@H](C)c1csc(C)n1. The molecule has 0 fully saturated rings. The van der Waals surface area contributed by atoms with Crippen LogP contribution in [0.5, 0.6) is 0 Å². The molecule has 0 bridgehead atoms. The second-order valence-corrected chi connectivity index (χ2v) is 5.37. The lowest BCUT2D eigenvalue weighted by Gasteiger charge is -2.16. The molecule has 0 aliphatic carbocycles. The quantitative estimate of drug-likeness (QED) is 0.828. The molecule has 1 atom stereocenters. The van der Waals surface area contributed by atoms with Crippen molar-refractivity contribution in [2.75, 3.05) is 26.7 Å². The molecule has 1 aromatic rings. The first-order valence-corrected chi connectivity index (χ1v) is 7.05. The van der Waals surface area contributed by atoms with Crippen LogP contribution in [-0.2, 0) is 0 Å². The van der Waals surface area contributed by atoms with Crippen LogP contribution in [0.2, 0.25) is 0 Å². The van der Waals surface area contributed by atoms with Gasteiger partial charge in [0.05, 0.1) is 16.7 Å². The fraction of sp³-hybridized carbons (Fsp3) is 0.667. The van der Waals surface area contributed by atoms with Gasteiger partial charge in [0, 0.05) is 18.5 Å². The smallest absolute Gasteiger partial charge is 0.315 e. The first-order valence-electron chi connectivity index (χ1n) is 6.17. The summed E-state index contributed by atoms with van der Waals surface area (Å²) in [4.78, 5) is 18.1. The topological polar surface area (TPSA) is 57.3 Å². The van der Waals surface area contributed by atoms with E-state index in [2.05, 4.69) is 27.4 Å². The predicted molar refractivity (Wildman–Crippen MR) is 75.0 cm³/mol. The Hall–Kier alpha value is -1.14. The van der Waals surface area contributed by atoms with Gasteiger partial charge in [-0.25, -0.2) is 9.78 Å². The molecule has 2 amide bonds. The van der Waals surface area contributed by atoms with E-state index in [9.17, 15) is 4.79 Å². The molecule has 0 radical (unpaired) electrons. The molecule has 1 rings (SSSR count). The maximum Gasteiger partial charge on any atom is 0.315 e. The van der Waals surface area contributed by atoms with Gasteiger partial charge in [-0.05, 0) is 27.4 Å². The molecular weight excluding hydrogens is 248 g/mol. The zero-order valence-corrected chi connectivity index (χ0v) is 12.3. The predicted octanol–water partition coefficient (Wildman–Crippen LogP) is 1.76. The lowest BCUT2D eigenvalue weighted by Crippen LogP contribution is -2.40. The Labute approximate surface area is 113 Å². The molecule has 102 valence electrons. The average molecular weight is 270 g/mol. The summed E-state index contributed by atoms with van der Waals surface area (Å²) < 4.78 is 0. The van der Waals surface area contributed by atoms with Crippen LogP contribution in [0.15, 0.2) is 5.38 Å². The zero-order valence-electron chi connectivity index (χ0n) is 11.5. The van der Waals surface area contributed by atoms with E-state index < -0.39 is 0 Å². The van der Waals surface area contributed by atoms with Crippen LogP contribution in [-0.4, -0.2) is 42.6 Å². The van der Waals surface area contributed by atoms with Gasteiger partial charge in [-0.15, -0.1) is 11.3 Å². The minimum absolute atomic E-state index is 0.0566. The average Bonchev–Trinajstić information content (AvgIpc) is 2.75. The third-order valence-corrected chi connectivity index (χ3v) is 3.54. The van der Waals surface area contributed by atoms with Gasteiger partial charge in [-0.2, -0.15) is 0 Å². The maximum absolute atomic E-state index is 11.6. The van der Waals surface area contributed by atoms with Gasteiger partial charge >= 0.3 is 6.03 Å². The van der Waals surface area contributed by atoms with Crippen molar-refractivity contribution in [1.29, 1.82) is 0 Å². The van der Waals surface area contributed by atoms with Gasteiger partial charge in [0.25, 0.3) is 0 Å². The highest BCUT2D eigenvalue weighted by Crippen LogP contribution is 2.15. The molecular formula is C12H22N4OS. The number of hydrogen-bond acceptors (Lipinski definition) is 4. The summed E-state index contributed by atoms with van der Waals surface area (Å²) in [6, 6.07) is -0.198. The van der Waals surface area contributed by atoms with Crippen LogP contribution in [0.1, 0.15) is 30.6 Å². The largest absolute Gasteiger partial charge is 0.337 e. The Morgan fingerprint density at radius 2 is 2.33 bits per heavy atom. The van der Waals surface area contributed by atoms with Crippen LogP contribution >= 0.6 is 11.3 Å². The molecule has 0 aliphatic rings. The van der Waals surface area contributed by atoms with Crippen molar-refractivity contribution < 1.29 is 4.79 Å². The van der Waals surface area contributed by atoms with Crippen LogP contribution in [0.3, 0.4) is 0 Å². The number of thiazole rings is 1. The zero-order chi connectivity index (χ0) is 13.5. The van der Waals surface area contributed by atoms with Crippen molar-refractivity contribution in [1.82, 2.24) is 20.5 Å².